The van der Waals surface area contributed by atoms with Crippen molar-refractivity contribution in [3.8, 4) is 23.0 Å². The minimum atomic E-state index is -0.135. The van der Waals surface area contributed by atoms with Gasteiger partial charge in [0.2, 0.25) is 0 Å². The summed E-state index contributed by atoms with van der Waals surface area (Å²) >= 11 is 0. The Morgan fingerprint density at radius 2 is 1.39 bits per heavy atom. The summed E-state index contributed by atoms with van der Waals surface area (Å²) in [5.41, 5.74) is 6.89. The first-order chi connectivity index (χ1) is 15.8. The molecule has 0 spiro atoms. The molecule has 0 bridgehead atoms. The third-order valence-corrected chi connectivity index (χ3v) is 7.17. The van der Waals surface area contributed by atoms with Crippen LogP contribution in [0, 0.1) is 13.8 Å². The van der Waals surface area contributed by atoms with Gasteiger partial charge in [-0.25, -0.2) is 0 Å². The predicted octanol–water partition coefficient (Wildman–Crippen LogP) is 8.17. The quantitative estimate of drug-likeness (QED) is 0.280. The van der Waals surface area contributed by atoms with Gasteiger partial charge in [-0.15, -0.1) is 0 Å². The molecule has 0 atom stereocenters. The van der Waals surface area contributed by atoms with Gasteiger partial charge in [0.1, 0.15) is 23.0 Å². The van der Waals surface area contributed by atoms with Crippen LogP contribution in [0.5, 0.6) is 23.0 Å². The normalized spacial score (nSPS) is 14.1. The van der Waals surface area contributed by atoms with Gasteiger partial charge in [-0.1, -0.05) is 50.2 Å². The summed E-state index contributed by atoms with van der Waals surface area (Å²) in [5.74, 6) is 3.66. The van der Waals surface area contributed by atoms with E-state index in [1.807, 2.05) is 24.3 Å². The van der Waals surface area contributed by atoms with E-state index >= 15 is 0 Å². The second-order valence-electron chi connectivity index (χ2n) is 9.65. The summed E-state index contributed by atoms with van der Waals surface area (Å²) < 4.78 is 15.0. The zero-order chi connectivity index (χ0) is 22.9. The van der Waals surface area contributed by atoms with Gasteiger partial charge in [-0.2, -0.15) is 0 Å². The Hall–Kier alpha value is -3.72. The Bertz CT molecular complexity index is 1570. The number of aryl methyl sites for hydroxylation is 3. The van der Waals surface area contributed by atoms with E-state index in [9.17, 15) is 0 Å². The lowest BCUT2D eigenvalue weighted by molar-refractivity contribution is 0.419. The first-order valence-electron chi connectivity index (χ1n) is 11.4. The van der Waals surface area contributed by atoms with E-state index in [0.717, 1.165) is 39.6 Å². The molecule has 1 aliphatic rings. The third kappa shape index (κ3) is 2.88. The Morgan fingerprint density at radius 3 is 2.21 bits per heavy atom. The van der Waals surface area contributed by atoms with Crippen LogP contribution < -0.4 is 9.47 Å². The number of hydrogen-bond acceptors (Lipinski definition) is 2. The summed E-state index contributed by atoms with van der Waals surface area (Å²) in [6, 6.07) is 25.4. The molecule has 0 radical (unpaired) electrons. The van der Waals surface area contributed by atoms with Crippen molar-refractivity contribution in [2.75, 3.05) is 0 Å². The average molecular weight is 434 g/mol. The lowest BCUT2D eigenvalue weighted by Crippen LogP contribution is -2.24. The van der Waals surface area contributed by atoms with E-state index in [0.29, 0.717) is 0 Å². The first kappa shape index (κ1) is 19.9. The van der Waals surface area contributed by atoms with Crippen molar-refractivity contribution in [3.05, 3.63) is 95.1 Å². The van der Waals surface area contributed by atoms with Crippen LogP contribution in [0.3, 0.4) is 0 Å². The SMILES string of the molecule is Cc1ccccc1Oc1cc2c(cc1C)c1cc3c(cc1n2C)C(C)(C)c1ccccc1O3. The number of aromatic nitrogens is 1. The highest BCUT2D eigenvalue weighted by atomic mass is 16.5. The molecule has 6 rings (SSSR count). The summed E-state index contributed by atoms with van der Waals surface area (Å²) in [5, 5.41) is 2.41. The van der Waals surface area contributed by atoms with Gasteiger partial charge in [0.15, 0.2) is 0 Å². The number of rotatable bonds is 2. The fourth-order valence-electron chi connectivity index (χ4n) is 5.17. The minimum Gasteiger partial charge on any atom is -0.457 e. The van der Waals surface area contributed by atoms with Crippen molar-refractivity contribution in [2.24, 2.45) is 7.05 Å². The molecule has 3 heteroatoms. The molecule has 3 nitrogen and oxygen atoms in total. The largest absolute Gasteiger partial charge is 0.457 e. The first-order valence-corrected chi connectivity index (χ1v) is 11.4. The summed E-state index contributed by atoms with van der Waals surface area (Å²) in [7, 11) is 2.13. The summed E-state index contributed by atoms with van der Waals surface area (Å²) in [6.45, 7) is 8.74. The van der Waals surface area contributed by atoms with Gasteiger partial charge in [0.05, 0.1) is 5.52 Å². The number of fused-ring (bicyclic) bond motifs is 5. The van der Waals surface area contributed by atoms with Crippen molar-refractivity contribution in [1.82, 2.24) is 4.57 Å². The van der Waals surface area contributed by atoms with Crippen LogP contribution >= 0.6 is 0 Å². The van der Waals surface area contributed by atoms with E-state index in [4.69, 9.17) is 9.47 Å². The van der Waals surface area contributed by atoms with E-state index in [2.05, 4.69) is 87.8 Å². The maximum Gasteiger partial charge on any atom is 0.132 e. The molecule has 2 heterocycles. The molecule has 0 amide bonds. The smallest absolute Gasteiger partial charge is 0.132 e. The van der Waals surface area contributed by atoms with Crippen LogP contribution in [0.2, 0.25) is 0 Å². The molecule has 0 unspecified atom stereocenters. The highest BCUT2D eigenvalue weighted by Gasteiger charge is 2.34. The van der Waals surface area contributed by atoms with Crippen LogP contribution in [0.4, 0.5) is 0 Å². The average Bonchev–Trinajstić information content (AvgIpc) is 3.05. The molecule has 33 heavy (non-hydrogen) atoms. The van der Waals surface area contributed by atoms with Gasteiger partial charge in [0.25, 0.3) is 0 Å². The van der Waals surface area contributed by atoms with E-state index in [1.165, 1.54) is 27.4 Å². The molecule has 1 aromatic heterocycles. The molecule has 1 aliphatic heterocycles. The van der Waals surface area contributed by atoms with Crippen molar-refractivity contribution in [3.63, 3.8) is 0 Å². The van der Waals surface area contributed by atoms with Gasteiger partial charge in [-0.05, 0) is 55.3 Å². The predicted molar refractivity (Wildman–Crippen MR) is 135 cm³/mol. The molecule has 0 N–H and O–H groups in total. The maximum atomic E-state index is 6.39. The minimum absolute atomic E-state index is 0.135. The topological polar surface area (TPSA) is 23.4 Å². The fourth-order valence-corrected chi connectivity index (χ4v) is 5.17. The van der Waals surface area contributed by atoms with Gasteiger partial charge < -0.3 is 14.0 Å². The maximum absolute atomic E-state index is 6.39. The summed E-state index contributed by atoms with van der Waals surface area (Å²) in [4.78, 5) is 0. The van der Waals surface area contributed by atoms with Crippen LogP contribution in [0.1, 0.15) is 36.1 Å². The van der Waals surface area contributed by atoms with Crippen LogP contribution in [-0.4, -0.2) is 4.57 Å². The second kappa shape index (κ2) is 6.89. The molecule has 0 aliphatic carbocycles. The Balaban J connectivity index is 1.55. The number of nitrogens with zero attached hydrogens (tertiary/aromatic N) is 1. The van der Waals surface area contributed by atoms with Gasteiger partial charge >= 0.3 is 0 Å². The van der Waals surface area contributed by atoms with Crippen molar-refractivity contribution in [2.45, 2.75) is 33.1 Å². The molecule has 5 aromatic rings. The molecule has 4 aromatic carbocycles. The monoisotopic (exact) mass is 433 g/mol. The highest BCUT2D eigenvalue weighted by Crippen LogP contribution is 2.50. The van der Waals surface area contributed by atoms with E-state index in [-0.39, 0.29) is 5.41 Å². The standard InChI is InChI=1S/C30H27NO2/c1-18-10-6-8-12-26(18)32-28-17-25-20(14-19(28)2)21-15-29-23(16-24(21)31(25)5)30(3,4)22-11-7-9-13-27(22)33-29/h6-17H,1-5H3. The Kier molecular flexibility index (Phi) is 4.16. The molecule has 164 valence electrons. The van der Waals surface area contributed by atoms with Gasteiger partial charge in [0, 0.05) is 45.9 Å². The number of ether oxygens (including phenoxy) is 2. The fraction of sp³-hybridized carbons (Fsp3) is 0.200. The van der Waals surface area contributed by atoms with E-state index in [1.54, 1.807) is 0 Å². The molecule has 0 saturated carbocycles. The van der Waals surface area contributed by atoms with Crippen LogP contribution in [0.15, 0.2) is 72.8 Å². The lowest BCUT2D eigenvalue weighted by Gasteiger charge is -2.34. The highest BCUT2D eigenvalue weighted by molar-refractivity contribution is 6.09. The Morgan fingerprint density at radius 1 is 0.697 bits per heavy atom. The second-order valence-corrected chi connectivity index (χ2v) is 9.65. The van der Waals surface area contributed by atoms with Crippen molar-refractivity contribution in [1.29, 1.82) is 0 Å². The molecular formula is C30H27NO2. The third-order valence-electron chi connectivity index (χ3n) is 7.17. The molecule has 0 fully saturated rings. The number of benzene rings is 4. The van der Waals surface area contributed by atoms with Gasteiger partial charge in [-0.3, -0.25) is 0 Å². The lowest BCUT2D eigenvalue weighted by atomic mass is 9.75. The van der Waals surface area contributed by atoms with Crippen molar-refractivity contribution >= 4 is 21.8 Å². The van der Waals surface area contributed by atoms with Crippen LogP contribution in [-0.2, 0) is 12.5 Å². The zero-order valence-corrected chi connectivity index (χ0v) is 19.7. The van der Waals surface area contributed by atoms with E-state index < -0.39 is 0 Å². The Labute approximate surface area is 194 Å². The van der Waals surface area contributed by atoms with Crippen LogP contribution in [0.25, 0.3) is 21.8 Å². The summed E-state index contributed by atoms with van der Waals surface area (Å²) in [6.07, 6.45) is 0. The molecular weight excluding hydrogens is 406 g/mol. The molecule has 0 saturated heterocycles. The van der Waals surface area contributed by atoms with Crippen molar-refractivity contribution < 1.29 is 9.47 Å². The number of hydrogen-bond donors (Lipinski definition) is 0. The zero-order valence-electron chi connectivity index (χ0n) is 19.7. The number of para-hydroxylation sites is 2.